The summed E-state index contributed by atoms with van der Waals surface area (Å²) in [5.74, 6) is 0.653. The fraction of sp³-hybridized carbons (Fsp3) is 0.238. The van der Waals surface area contributed by atoms with Crippen LogP contribution in [0.4, 0.5) is 5.69 Å². The summed E-state index contributed by atoms with van der Waals surface area (Å²) in [6.45, 7) is 3.98. The minimum Gasteiger partial charge on any atom is -0.309 e. The second-order valence-corrected chi connectivity index (χ2v) is 7.92. The van der Waals surface area contributed by atoms with E-state index in [1.54, 1.807) is 18.0 Å². The van der Waals surface area contributed by atoms with Crippen molar-refractivity contribution in [1.82, 2.24) is 19.2 Å². The molecule has 0 fully saturated rings. The van der Waals surface area contributed by atoms with Crippen LogP contribution in [0.5, 0.6) is 0 Å². The van der Waals surface area contributed by atoms with Crippen molar-refractivity contribution in [2.45, 2.75) is 25.0 Å². The molecule has 2 aromatic heterocycles. The van der Waals surface area contributed by atoms with Gasteiger partial charge in [0.15, 0.2) is 5.16 Å². The Morgan fingerprint density at radius 3 is 2.48 bits per heavy atom. The SMILES string of the molecule is CC(C)N(C(=O)CSc1nnc2n(C)c(=O)c3ccccc3n12)c1ccccc1. The molecule has 0 N–H and O–H groups in total. The lowest BCUT2D eigenvalue weighted by molar-refractivity contribution is -0.116. The molecule has 0 saturated carbocycles. The maximum absolute atomic E-state index is 13.0. The van der Waals surface area contributed by atoms with E-state index < -0.39 is 0 Å². The Hall–Kier alpha value is -3.13. The van der Waals surface area contributed by atoms with E-state index in [0.29, 0.717) is 16.3 Å². The highest BCUT2D eigenvalue weighted by Gasteiger charge is 2.21. The van der Waals surface area contributed by atoms with Gasteiger partial charge in [0.2, 0.25) is 11.7 Å². The van der Waals surface area contributed by atoms with Crippen molar-refractivity contribution in [3.63, 3.8) is 0 Å². The third-order valence-electron chi connectivity index (χ3n) is 4.74. The van der Waals surface area contributed by atoms with Crippen molar-refractivity contribution in [2.24, 2.45) is 7.05 Å². The Kier molecular flexibility index (Phi) is 5.10. The first kappa shape index (κ1) is 19.2. The van der Waals surface area contributed by atoms with Crippen LogP contribution in [-0.4, -0.2) is 36.9 Å². The first-order valence-electron chi connectivity index (χ1n) is 9.32. The van der Waals surface area contributed by atoms with Crippen molar-refractivity contribution < 1.29 is 4.79 Å². The number of aromatic nitrogens is 4. The van der Waals surface area contributed by atoms with E-state index in [4.69, 9.17) is 0 Å². The first-order valence-corrected chi connectivity index (χ1v) is 10.3. The van der Waals surface area contributed by atoms with Gasteiger partial charge in [-0.25, -0.2) is 0 Å². The number of carbonyl (C=O) groups is 1. The Balaban J connectivity index is 1.68. The van der Waals surface area contributed by atoms with E-state index in [2.05, 4.69) is 10.2 Å². The molecule has 4 rings (SSSR count). The zero-order chi connectivity index (χ0) is 20.5. The number of hydrogen-bond acceptors (Lipinski definition) is 5. The Morgan fingerprint density at radius 2 is 1.76 bits per heavy atom. The Morgan fingerprint density at radius 1 is 1.07 bits per heavy atom. The molecule has 0 atom stereocenters. The molecule has 2 heterocycles. The average Bonchev–Trinajstić information content (AvgIpc) is 3.15. The molecule has 2 aromatic carbocycles. The predicted octanol–water partition coefficient (Wildman–Crippen LogP) is 3.11. The van der Waals surface area contributed by atoms with Gasteiger partial charge in [-0.1, -0.05) is 42.1 Å². The molecule has 0 aliphatic rings. The van der Waals surface area contributed by atoms with Gasteiger partial charge in [0.05, 0.1) is 16.7 Å². The summed E-state index contributed by atoms with van der Waals surface area (Å²) >= 11 is 1.32. The fourth-order valence-corrected chi connectivity index (χ4v) is 4.22. The van der Waals surface area contributed by atoms with Crippen molar-refractivity contribution >= 4 is 40.0 Å². The van der Waals surface area contributed by atoms with Gasteiger partial charge in [-0.3, -0.25) is 18.6 Å². The van der Waals surface area contributed by atoms with Crippen molar-refractivity contribution in [1.29, 1.82) is 0 Å². The standard InChI is InChI=1S/C21H21N5O2S/c1-14(2)25(15-9-5-4-6-10-15)18(27)13-29-21-23-22-20-24(3)19(28)16-11-7-8-12-17(16)26(20)21/h4-12,14H,13H2,1-3H3. The molecule has 0 radical (unpaired) electrons. The maximum Gasteiger partial charge on any atom is 0.262 e. The molecule has 0 aliphatic heterocycles. The summed E-state index contributed by atoms with van der Waals surface area (Å²) in [7, 11) is 1.67. The van der Waals surface area contributed by atoms with Gasteiger partial charge in [-0.2, -0.15) is 0 Å². The normalized spacial score (nSPS) is 11.4. The highest BCUT2D eigenvalue weighted by molar-refractivity contribution is 7.99. The molecule has 148 valence electrons. The number of benzene rings is 2. The second kappa shape index (κ2) is 7.71. The molecule has 8 heteroatoms. The van der Waals surface area contributed by atoms with Gasteiger partial charge in [0, 0.05) is 18.8 Å². The van der Waals surface area contributed by atoms with E-state index in [9.17, 15) is 9.59 Å². The summed E-state index contributed by atoms with van der Waals surface area (Å²) < 4.78 is 3.31. The van der Waals surface area contributed by atoms with Gasteiger partial charge in [0.1, 0.15) is 0 Å². The molecule has 4 aromatic rings. The van der Waals surface area contributed by atoms with E-state index in [1.165, 1.54) is 16.3 Å². The Bertz CT molecular complexity index is 1250. The van der Waals surface area contributed by atoms with Crippen LogP contribution in [0.2, 0.25) is 0 Å². The average molecular weight is 407 g/mol. The number of anilines is 1. The lowest BCUT2D eigenvalue weighted by Gasteiger charge is -2.26. The first-order chi connectivity index (χ1) is 14.0. The topological polar surface area (TPSA) is 72.5 Å². The fourth-order valence-electron chi connectivity index (χ4n) is 3.42. The van der Waals surface area contributed by atoms with Gasteiger partial charge >= 0.3 is 0 Å². The van der Waals surface area contributed by atoms with Crippen LogP contribution in [0, 0.1) is 0 Å². The van der Waals surface area contributed by atoms with E-state index in [-0.39, 0.29) is 23.3 Å². The molecule has 0 bridgehead atoms. The largest absolute Gasteiger partial charge is 0.309 e. The van der Waals surface area contributed by atoms with Crippen molar-refractivity contribution in [2.75, 3.05) is 10.7 Å². The summed E-state index contributed by atoms with van der Waals surface area (Å²) in [5, 5.41) is 9.58. The Labute approximate surface area is 172 Å². The van der Waals surface area contributed by atoms with E-state index >= 15 is 0 Å². The van der Waals surface area contributed by atoms with Gasteiger partial charge < -0.3 is 4.90 Å². The monoisotopic (exact) mass is 407 g/mol. The number of rotatable bonds is 5. The van der Waals surface area contributed by atoms with Gasteiger partial charge in [0.25, 0.3) is 5.56 Å². The van der Waals surface area contributed by atoms with Gasteiger partial charge in [-0.05, 0) is 38.1 Å². The number of aryl methyl sites for hydroxylation is 1. The zero-order valence-electron chi connectivity index (χ0n) is 16.4. The molecular formula is C21H21N5O2S. The number of fused-ring (bicyclic) bond motifs is 3. The van der Waals surface area contributed by atoms with Crippen LogP contribution in [-0.2, 0) is 11.8 Å². The summed E-state index contributed by atoms with van der Waals surface area (Å²) in [6, 6.07) is 17.0. The van der Waals surface area contributed by atoms with Crippen LogP contribution in [0.3, 0.4) is 0 Å². The highest BCUT2D eigenvalue weighted by atomic mass is 32.2. The summed E-state index contributed by atoms with van der Waals surface area (Å²) in [5.41, 5.74) is 1.48. The van der Waals surface area contributed by atoms with Gasteiger partial charge in [-0.15, -0.1) is 10.2 Å². The minimum atomic E-state index is -0.122. The molecular weight excluding hydrogens is 386 g/mol. The number of thioether (sulfide) groups is 1. The lowest BCUT2D eigenvalue weighted by atomic mass is 10.2. The van der Waals surface area contributed by atoms with E-state index in [1.807, 2.05) is 66.8 Å². The quantitative estimate of drug-likeness (QED) is 0.475. The lowest BCUT2D eigenvalue weighted by Crippen LogP contribution is -2.38. The molecule has 0 saturated heterocycles. The molecule has 0 aliphatic carbocycles. The smallest absolute Gasteiger partial charge is 0.262 e. The minimum absolute atomic E-state index is 0.0120. The highest BCUT2D eigenvalue weighted by Crippen LogP contribution is 2.23. The third kappa shape index (κ3) is 3.40. The van der Waals surface area contributed by atoms with Crippen LogP contribution in [0.1, 0.15) is 13.8 Å². The maximum atomic E-state index is 13.0. The second-order valence-electron chi connectivity index (χ2n) is 6.98. The summed E-state index contributed by atoms with van der Waals surface area (Å²) in [6.07, 6.45) is 0. The van der Waals surface area contributed by atoms with Crippen molar-refractivity contribution in [3.05, 3.63) is 65.0 Å². The van der Waals surface area contributed by atoms with Crippen molar-refractivity contribution in [3.8, 4) is 0 Å². The molecule has 7 nitrogen and oxygen atoms in total. The van der Waals surface area contributed by atoms with E-state index in [0.717, 1.165) is 11.2 Å². The zero-order valence-corrected chi connectivity index (χ0v) is 17.3. The number of amides is 1. The van der Waals surface area contributed by atoms with Crippen LogP contribution in [0.15, 0.2) is 64.5 Å². The molecule has 1 amide bonds. The van der Waals surface area contributed by atoms with Crippen LogP contribution < -0.4 is 10.5 Å². The molecule has 0 unspecified atom stereocenters. The number of nitrogens with zero attached hydrogens (tertiary/aromatic N) is 5. The number of para-hydroxylation sites is 2. The molecule has 0 spiro atoms. The third-order valence-corrected chi connectivity index (χ3v) is 5.65. The van der Waals surface area contributed by atoms with Crippen LogP contribution in [0.25, 0.3) is 16.7 Å². The summed E-state index contributed by atoms with van der Waals surface area (Å²) in [4.78, 5) is 27.3. The molecule has 29 heavy (non-hydrogen) atoms. The number of hydrogen-bond donors (Lipinski definition) is 0. The van der Waals surface area contributed by atoms with Crippen LogP contribution >= 0.6 is 11.8 Å². The predicted molar refractivity (Wildman–Crippen MR) is 116 cm³/mol. The number of carbonyl (C=O) groups excluding carboxylic acids is 1.